The summed E-state index contributed by atoms with van der Waals surface area (Å²) in [5.41, 5.74) is 1.97. The van der Waals surface area contributed by atoms with Gasteiger partial charge in [-0.15, -0.1) is 0 Å². The van der Waals surface area contributed by atoms with Crippen LogP contribution < -0.4 is 0 Å². The second-order valence-electron chi connectivity index (χ2n) is 8.85. The molecule has 4 rings (SSSR count). The second kappa shape index (κ2) is 11.6. The Balaban J connectivity index is 1.46. The molecule has 3 aromatic rings. The van der Waals surface area contributed by atoms with Gasteiger partial charge in [0.1, 0.15) is 0 Å². The lowest BCUT2D eigenvalue weighted by Crippen LogP contribution is -2.45. The van der Waals surface area contributed by atoms with Crippen LogP contribution in [-0.2, 0) is 27.8 Å². The molecule has 0 spiro atoms. The van der Waals surface area contributed by atoms with Crippen molar-refractivity contribution >= 4 is 39.1 Å². The minimum absolute atomic E-state index is 0.0182. The van der Waals surface area contributed by atoms with Crippen LogP contribution in [0.15, 0.2) is 83.8 Å². The molecule has 1 heterocycles. The van der Waals surface area contributed by atoms with E-state index in [0.717, 1.165) is 19.3 Å². The van der Waals surface area contributed by atoms with E-state index in [9.17, 15) is 13.2 Å². The minimum atomic E-state index is -3.90. The summed E-state index contributed by atoms with van der Waals surface area (Å²) in [4.78, 5) is 15.2. The van der Waals surface area contributed by atoms with Gasteiger partial charge in [-0.05, 0) is 60.6 Å². The Hall–Kier alpha value is -2.38. The fourth-order valence-corrected chi connectivity index (χ4v) is 6.11. The third kappa shape index (κ3) is 6.64. The number of amides is 1. The van der Waals surface area contributed by atoms with Crippen LogP contribution >= 0.6 is 23.2 Å². The fraction of sp³-hybridized carbons (Fsp3) is 0.296. The van der Waals surface area contributed by atoms with Gasteiger partial charge in [-0.1, -0.05) is 77.8 Å². The number of carbonyl (C=O) groups excluding carboxylic acids is 1. The molecule has 184 valence electrons. The molecule has 0 radical (unpaired) electrons. The smallest absolute Gasteiger partial charge is 0.243 e. The third-order valence-corrected chi connectivity index (χ3v) is 8.91. The Bertz CT molecular complexity index is 1250. The Kier molecular flexibility index (Phi) is 8.50. The lowest BCUT2D eigenvalue weighted by Gasteiger charge is -2.33. The summed E-state index contributed by atoms with van der Waals surface area (Å²) >= 11 is 12.2. The Labute approximate surface area is 217 Å². The first-order chi connectivity index (χ1) is 16.8. The van der Waals surface area contributed by atoms with E-state index < -0.39 is 10.0 Å². The van der Waals surface area contributed by atoms with Crippen LogP contribution in [0.25, 0.3) is 0 Å². The van der Waals surface area contributed by atoms with Gasteiger partial charge in [-0.2, -0.15) is 4.31 Å². The topological polar surface area (TPSA) is 57.7 Å². The number of nitrogens with zero attached hydrogens (tertiary/aromatic N) is 2. The average molecular weight is 532 g/mol. The van der Waals surface area contributed by atoms with E-state index >= 15 is 0 Å². The number of likely N-dealkylation sites (tertiary alicyclic amines) is 1. The van der Waals surface area contributed by atoms with Crippen molar-refractivity contribution < 1.29 is 13.2 Å². The maximum Gasteiger partial charge on any atom is 0.243 e. The fourth-order valence-electron chi connectivity index (χ4n) is 4.39. The van der Waals surface area contributed by atoms with Gasteiger partial charge in [-0.3, -0.25) is 4.79 Å². The van der Waals surface area contributed by atoms with Crippen molar-refractivity contribution in [2.45, 2.75) is 30.7 Å². The highest BCUT2D eigenvalue weighted by atomic mass is 35.5. The molecular weight excluding hydrogens is 503 g/mol. The zero-order chi connectivity index (χ0) is 24.8. The number of rotatable bonds is 8. The number of halogens is 2. The molecule has 35 heavy (non-hydrogen) atoms. The molecule has 5 nitrogen and oxygen atoms in total. The van der Waals surface area contributed by atoms with Crippen LogP contribution in [-0.4, -0.2) is 43.2 Å². The summed E-state index contributed by atoms with van der Waals surface area (Å²) < 4.78 is 28.1. The highest BCUT2D eigenvalue weighted by Gasteiger charge is 2.30. The monoisotopic (exact) mass is 530 g/mol. The van der Waals surface area contributed by atoms with Crippen molar-refractivity contribution in [2.75, 3.05) is 19.6 Å². The van der Waals surface area contributed by atoms with E-state index in [1.807, 2.05) is 18.2 Å². The molecule has 1 aliphatic rings. The normalized spacial score (nSPS) is 14.9. The van der Waals surface area contributed by atoms with Gasteiger partial charge in [0, 0.05) is 19.6 Å². The first-order valence-electron chi connectivity index (χ1n) is 11.6. The number of hydrogen-bond donors (Lipinski definition) is 0. The standard InChI is InChI=1S/C27H28Cl2N2O3S/c28-25-12-11-23(18-26(25)29)19-31(35(33,34)24-9-5-2-6-10-24)20-27(32)30-15-13-22(14-16-30)17-21-7-3-1-4-8-21/h1-12,18,22H,13-17,19-20H2. The molecule has 0 bridgehead atoms. The highest BCUT2D eigenvalue weighted by molar-refractivity contribution is 7.89. The Morgan fingerprint density at radius 3 is 2.11 bits per heavy atom. The Morgan fingerprint density at radius 1 is 0.857 bits per heavy atom. The first-order valence-corrected chi connectivity index (χ1v) is 13.8. The van der Waals surface area contributed by atoms with Gasteiger partial charge in [-0.25, -0.2) is 8.42 Å². The van der Waals surface area contributed by atoms with Crippen molar-refractivity contribution in [3.63, 3.8) is 0 Å². The van der Waals surface area contributed by atoms with Crippen molar-refractivity contribution in [3.05, 3.63) is 100 Å². The Morgan fingerprint density at radius 2 is 1.49 bits per heavy atom. The molecule has 3 aromatic carbocycles. The zero-order valence-corrected chi connectivity index (χ0v) is 21.6. The molecule has 0 saturated carbocycles. The quantitative estimate of drug-likeness (QED) is 0.377. The molecule has 0 aliphatic carbocycles. The van der Waals surface area contributed by atoms with Gasteiger partial charge in [0.25, 0.3) is 0 Å². The summed E-state index contributed by atoms with van der Waals surface area (Å²) in [5.74, 6) is 0.324. The van der Waals surface area contributed by atoms with E-state index in [-0.39, 0.29) is 23.9 Å². The van der Waals surface area contributed by atoms with Crippen molar-refractivity contribution in [2.24, 2.45) is 5.92 Å². The number of piperidine rings is 1. The molecule has 1 saturated heterocycles. The number of sulfonamides is 1. The number of hydrogen-bond acceptors (Lipinski definition) is 3. The van der Waals surface area contributed by atoms with E-state index in [4.69, 9.17) is 23.2 Å². The average Bonchev–Trinajstić information content (AvgIpc) is 2.87. The molecule has 0 aromatic heterocycles. The van der Waals surface area contributed by atoms with E-state index in [1.165, 1.54) is 22.0 Å². The summed E-state index contributed by atoms with van der Waals surface area (Å²) in [6.07, 6.45) is 2.80. The van der Waals surface area contributed by atoms with E-state index in [2.05, 4.69) is 12.1 Å². The highest BCUT2D eigenvalue weighted by Crippen LogP contribution is 2.26. The summed E-state index contributed by atoms with van der Waals surface area (Å²) in [5, 5.41) is 0.732. The van der Waals surface area contributed by atoms with Crippen molar-refractivity contribution in [3.8, 4) is 0 Å². The summed E-state index contributed by atoms with van der Waals surface area (Å²) in [7, 11) is -3.90. The molecular formula is C27H28Cl2N2O3S. The predicted molar refractivity (Wildman–Crippen MR) is 140 cm³/mol. The van der Waals surface area contributed by atoms with Crippen molar-refractivity contribution in [1.29, 1.82) is 0 Å². The molecule has 0 N–H and O–H groups in total. The minimum Gasteiger partial charge on any atom is -0.342 e. The maximum absolute atomic E-state index is 13.5. The van der Waals surface area contributed by atoms with Gasteiger partial charge >= 0.3 is 0 Å². The van der Waals surface area contributed by atoms with Crippen LogP contribution in [0.1, 0.15) is 24.0 Å². The summed E-state index contributed by atoms with van der Waals surface area (Å²) in [6.45, 7) is 1.04. The lowest BCUT2D eigenvalue weighted by molar-refractivity contribution is -0.132. The van der Waals surface area contributed by atoms with Gasteiger partial charge in [0.05, 0.1) is 21.5 Å². The van der Waals surface area contributed by atoms with Crippen LogP contribution in [0.4, 0.5) is 0 Å². The SMILES string of the molecule is O=C(CN(Cc1ccc(Cl)c(Cl)c1)S(=O)(=O)c1ccccc1)N1CCC(Cc2ccccc2)CC1. The third-order valence-electron chi connectivity index (χ3n) is 6.37. The van der Waals surface area contributed by atoms with Crippen molar-refractivity contribution in [1.82, 2.24) is 9.21 Å². The molecule has 1 amide bonds. The molecule has 1 aliphatic heterocycles. The van der Waals surface area contributed by atoms with Crippen LogP contribution in [0, 0.1) is 5.92 Å². The maximum atomic E-state index is 13.5. The second-order valence-corrected chi connectivity index (χ2v) is 11.6. The first kappa shape index (κ1) is 25.7. The zero-order valence-electron chi connectivity index (χ0n) is 19.3. The van der Waals surface area contributed by atoms with Crippen LogP contribution in [0.2, 0.25) is 10.0 Å². The summed E-state index contributed by atoms with van der Waals surface area (Å²) in [6, 6.07) is 23.5. The van der Waals surface area contributed by atoms with E-state index in [1.54, 1.807) is 41.3 Å². The molecule has 0 unspecified atom stereocenters. The molecule has 1 fully saturated rings. The number of benzene rings is 3. The lowest BCUT2D eigenvalue weighted by atomic mass is 9.90. The largest absolute Gasteiger partial charge is 0.342 e. The van der Waals surface area contributed by atoms with Gasteiger partial charge in [0.15, 0.2) is 0 Å². The van der Waals surface area contributed by atoms with Crippen LogP contribution in [0.3, 0.4) is 0 Å². The van der Waals surface area contributed by atoms with Gasteiger partial charge < -0.3 is 4.90 Å². The van der Waals surface area contributed by atoms with E-state index in [0.29, 0.717) is 34.6 Å². The van der Waals surface area contributed by atoms with Gasteiger partial charge in [0.2, 0.25) is 15.9 Å². The van der Waals surface area contributed by atoms with Crippen LogP contribution in [0.5, 0.6) is 0 Å². The molecule has 8 heteroatoms. The molecule has 0 atom stereocenters. The predicted octanol–water partition coefficient (Wildman–Crippen LogP) is 5.67. The number of carbonyl (C=O) groups is 1.